The number of nitrogens with zero attached hydrogens (tertiary/aromatic N) is 4. The molecule has 1 saturated carbocycles. The van der Waals surface area contributed by atoms with Crippen LogP contribution >= 0.6 is 0 Å². The Morgan fingerprint density at radius 1 is 1.14 bits per heavy atom. The number of rotatable bonds is 10. The first-order valence-corrected chi connectivity index (χ1v) is 12.3. The van der Waals surface area contributed by atoms with E-state index in [0.717, 1.165) is 60.6 Å². The third kappa shape index (κ3) is 6.45. The highest BCUT2D eigenvalue weighted by Crippen LogP contribution is 2.31. The van der Waals surface area contributed by atoms with Gasteiger partial charge in [-0.25, -0.2) is 4.98 Å². The van der Waals surface area contributed by atoms with Crippen molar-refractivity contribution in [2.24, 2.45) is 13.0 Å². The average Bonchev–Trinajstić information content (AvgIpc) is 3.25. The van der Waals surface area contributed by atoms with Crippen LogP contribution in [0.4, 0.5) is 0 Å². The first-order chi connectivity index (χ1) is 17.0. The number of hydrogen-bond acceptors (Lipinski definition) is 7. The van der Waals surface area contributed by atoms with E-state index in [4.69, 9.17) is 19.2 Å². The largest absolute Gasteiger partial charge is 0.489 e. The summed E-state index contributed by atoms with van der Waals surface area (Å²) in [5, 5.41) is 8.60. The molecular formula is C27H34N4O4. The van der Waals surface area contributed by atoms with E-state index < -0.39 is 0 Å². The Hall–Kier alpha value is -3.26. The van der Waals surface area contributed by atoms with Crippen LogP contribution < -0.4 is 4.74 Å². The maximum Gasteiger partial charge on any atom is 0.308 e. The van der Waals surface area contributed by atoms with Crippen LogP contribution in [0.1, 0.15) is 49.1 Å². The summed E-state index contributed by atoms with van der Waals surface area (Å²) in [6, 6.07) is 14.1. The number of aryl methyl sites for hydroxylation is 2. The van der Waals surface area contributed by atoms with Crippen molar-refractivity contribution < 1.29 is 19.0 Å². The molecule has 0 radical (unpaired) electrons. The molecule has 0 aliphatic heterocycles. The van der Waals surface area contributed by atoms with Gasteiger partial charge in [-0.15, -0.1) is 5.10 Å². The van der Waals surface area contributed by atoms with Crippen molar-refractivity contribution >= 4 is 5.97 Å². The van der Waals surface area contributed by atoms with Crippen molar-refractivity contribution in [1.82, 2.24) is 20.0 Å². The van der Waals surface area contributed by atoms with Gasteiger partial charge in [-0.2, -0.15) is 0 Å². The summed E-state index contributed by atoms with van der Waals surface area (Å²) in [6.07, 6.45) is 5.06. The van der Waals surface area contributed by atoms with Gasteiger partial charge in [0.05, 0.1) is 42.8 Å². The molecule has 1 aliphatic rings. The van der Waals surface area contributed by atoms with Gasteiger partial charge in [0.15, 0.2) is 0 Å². The third-order valence-electron chi connectivity index (χ3n) is 6.49. The molecular weight excluding hydrogens is 444 g/mol. The van der Waals surface area contributed by atoms with Crippen LogP contribution in [-0.4, -0.2) is 45.8 Å². The lowest BCUT2D eigenvalue weighted by atomic mass is 9.87. The number of ether oxygens (including phenoxy) is 3. The molecule has 35 heavy (non-hydrogen) atoms. The Balaban J connectivity index is 1.35. The van der Waals surface area contributed by atoms with Crippen LogP contribution in [-0.2, 0) is 34.3 Å². The van der Waals surface area contributed by atoms with Crippen LogP contribution in [0.25, 0.3) is 11.4 Å². The first-order valence-electron chi connectivity index (χ1n) is 12.3. The second-order valence-electron chi connectivity index (χ2n) is 9.06. The lowest BCUT2D eigenvalue weighted by Gasteiger charge is -2.28. The number of carbonyl (C=O) groups excluding carboxylic acids is 1. The fourth-order valence-corrected chi connectivity index (χ4v) is 4.58. The van der Waals surface area contributed by atoms with Gasteiger partial charge in [0.25, 0.3) is 0 Å². The van der Waals surface area contributed by atoms with Crippen molar-refractivity contribution in [3.05, 3.63) is 59.4 Å². The average molecular weight is 479 g/mol. The summed E-state index contributed by atoms with van der Waals surface area (Å²) < 4.78 is 18.8. The smallest absolute Gasteiger partial charge is 0.308 e. The molecule has 1 aliphatic carbocycles. The van der Waals surface area contributed by atoms with E-state index in [1.165, 1.54) is 12.7 Å². The van der Waals surface area contributed by atoms with Crippen LogP contribution in [0, 0.1) is 12.8 Å². The van der Waals surface area contributed by atoms with Crippen LogP contribution in [0.5, 0.6) is 5.75 Å². The van der Waals surface area contributed by atoms with Gasteiger partial charge in [-0.1, -0.05) is 35.5 Å². The minimum Gasteiger partial charge on any atom is -0.489 e. The van der Waals surface area contributed by atoms with Crippen molar-refractivity contribution in [3.63, 3.8) is 0 Å². The maximum absolute atomic E-state index is 11.9. The minimum atomic E-state index is -0.149. The molecule has 186 valence electrons. The molecule has 0 unspecified atom stereocenters. The zero-order valence-electron chi connectivity index (χ0n) is 20.8. The molecule has 2 aromatic heterocycles. The van der Waals surface area contributed by atoms with Crippen molar-refractivity contribution in [2.75, 3.05) is 13.7 Å². The van der Waals surface area contributed by atoms with E-state index >= 15 is 0 Å². The van der Waals surface area contributed by atoms with Gasteiger partial charge in [-0.05, 0) is 63.1 Å². The minimum absolute atomic E-state index is 0.0119. The number of methoxy groups -OCH3 is 1. The quantitative estimate of drug-likeness (QED) is 0.314. The normalized spacial score (nSPS) is 17.8. The van der Waals surface area contributed by atoms with Gasteiger partial charge < -0.3 is 14.2 Å². The van der Waals surface area contributed by atoms with Crippen LogP contribution in [0.2, 0.25) is 0 Å². The first kappa shape index (κ1) is 24.9. The van der Waals surface area contributed by atoms with Crippen LogP contribution in [0.3, 0.4) is 0 Å². The van der Waals surface area contributed by atoms with E-state index in [1.54, 1.807) is 0 Å². The molecule has 0 saturated heterocycles. The highest BCUT2D eigenvalue weighted by molar-refractivity contribution is 5.72. The summed E-state index contributed by atoms with van der Waals surface area (Å²) in [5.41, 5.74) is 4.56. The van der Waals surface area contributed by atoms with E-state index in [2.05, 4.69) is 22.4 Å². The maximum atomic E-state index is 11.9. The van der Waals surface area contributed by atoms with Crippen molar-refractivity contribution in [3.8, 4) is 17.1 Å². The lowest BCUT2D eigenvalue weighted by molar-refractivity contribution is -0.147. The molecule has 1 aromatic carbocycles. The van der Waals surface area contributed by atoms with Gasteiger partial charge in [0, 0.05) is 13.7 Å². The molecule has 4 rings (SSSR count). The molecule has 0 amide bonds. The molecule has 0 spiro atoms. The van der Waals surface area contributed by atoms with E-state index in [-0.39, 0.29) is 18.0 Å². The van der Waals surface area contributed by atoms with E-state index in [9.17, 15) is 4.79 Å². The molecule has 0 N–H and O–H groups in total. The summed E-state index contributed by atoms with van der Waals surface area (Å²) in [6.45, 7) is 3.21. The Kier molecular flexibility index (Phi) is 8.47. The number of carbonyl (C=O) groups is 1. The molecule has 8 heteroatoms. The molecule has 1 fully saturated rings. The number of esters is 1. The monoisotopic (exact) mass is 478 g/mol. The zero-order chi connectivity index (χ0) is 24.6. The summed E-state index contributed by atoms with van der Waals surface area (Å²) in [4.78, 5) is 16.7. The highest BCUT2D eigenvalue weighted by atomic mass is 16.5. The Morgan fingerprint density at radius 3 is 2.74 bits per heavy atom. The van der Waals surface area contributed by atoms with Gasteiger partial charge >= 0.3 is 5.97 Å². The van der Waals surface area contributed by atoms with E-state index in [1.807, 2.05) is 49.0 Å². The van der Waals surface area contributed by atoms with Gasteiger partial charge in [0.2, 0.25) is 0 Å². The number of aromatic nitrogens is 4. The molecule has 2 heterocycles. The van der Waals surface area contributed by atoms with Crippen molar-refractivity contribution in [2.45, 2.75) is 58.2 Å². The molecule has 3 aromatic rings. The standard InChI is InChI=1S/C27H34N4O4/c1-19-25(35-22-12-7-11-21(17-22)27(32)33-3)15-14-23(28-19)26-24(31(2)30-29-26)13-8-16-34-18-20-9-5-4-6-10-20/h4-6,9-10,14-15,21-22H,7-8,11-13,16-18H2,1-3H3/t21-,22-/m0/s1. The predicted molar refractivity (Wildman–Crippen MR) is 132 cm³/mol. The fraction of sp³-hybridized carbons (Fsp3) is 0.481. The SMILES string of the molecule is COC(=O)[C@H]1CCC[C@H](Oc2ccc(-c3nnn(C)c3CCCOCc3ccccc3)nc2C)C1. The van der Waals surface area contributed by atoms with Crippen LogP contribution in [0.15, 0.2) is 42.5 Å². The summed E-state index contributed by atoms with van der Waals surface area (Å²) in [7, 11) is 3.35. The number of hydrogen-bond donors (Lipinski definition) is 0. The Labute approximate surface area is 206 Å². The third-order valence-corrected chi connectivity index (χ3v) is 6.49. The predicted octanol–water partition coefficient (Wildman–Crippen LogP) is 4.45. The number of pyridine rings is 1. The van der Waals surface area contributed by atoms with E-state index in [0.29, 0.717) is 19.6 Å². The Bertz CT molecular complexity index is 1120. The second-order valence-corrected chi connectivity index (χ2v) is 9.06. The summed E-state index contributed by atoms with van der Waals surface area (Å²) >= 11 is 0. The lowest BCUT2D eigenvalue weighted by Crippen LogP contribution is -2.30. The topological polar surface area (TPSA) is 88.4 Å². The fourth-order valence-electron chi connectivity index (χ4n) is 4.58. The second kappa shape index (κ2) is 11.9. The summed E-state index contributed by atoms with van der Waals surface area (Å²) in [5.74, 6) is 0.498. The van der Waals surface area contributed by atoms with Crippen molar-refractivity contribution in [1.29, 1.82) is 0 Å². The molecule has 8 nitrogen and oxygen atoms in total. The van der Waals surface area contributed by atoms with Gasteiger partial charge in [-0.3, -0.25) is 9.48 Å². The number of benzene rings is 1. The zero-order valence-corrected chi connectivity index (χ0v) is 20.8. The highest BCUT2D eigenvalue weighted by Gasteiger charge is 2.29. The molecule has 2 atom stereocenters. The van der Waals surface area contributed by atoms with Gasteiger partial charge in [0.1, 0.15) is 11.4 Å². The molecule has 0 bridgehead atoms. The Morgan fingerprint density at radius 2 is 1.97 bits per heavy atom.